The Morgan fingerprint density at radius 1 is 1.10 bits per heavy atom. The Morgan fingerprint density at radius 2 is 1.93 bits per heavy atom. The van der Waals surface area contributed by atoms with E-state index in [2.05, 4.69) is 31.2 Å². The highest BCUT2D eigenvalue weighted by Crippen LogP contribution is 2.39. The van der Waals surface area contributed by atoms with Gasteiger partial charge in [-0.15, -0.1) is 11.3 Å². The molecule has 0 atom stereocenters. The molecule has 0 saturated heterocycles. The fourth-order valence-electron chi connectivity index (χ4n) is 3.42. The Balaban J connectivity index is 1.52. The third-order valence-electron chi connectivity index (χ3n) is 5.00. The van der Waals surface area contributed by atoms with Gasteiger partial charge in [0.2, 0.25) is 0 Å². The molecule has 1 aliphatic heterocycles. The van der Waals surface area contributed by atoms with Gasteiger partial charge in [-0.05, 0) is 47.0 Å². The first-order valence-corrected chi connectivity index (χ1v) is 11.1. The van der Waals surface area contributed by atoms with E-state index in [0.717, 1.165) is 34.7 Å². The van der Waals surface area contributed by atoms with Crippen LogP contribution in [0.25, 0.3) is 11.3 Å². The predicted octanol–water partition coefficient (Wildman–Crippen LogP) is 4.06. The van der Waals surface area contributed by atoms with E-state index in [1.54, 1.807) is 23.1 Å². The average Bonchev–Trinajstić information content (AvgIpc) is 3.47. The summed E-state index contributed by atoms with van der Waals surface area (Å²) in [4.78, 5) is 37.4. The Labute approximate surface area is 180 Å². The summed E-state index contributed by atoms with van der Waals surface area (Å²) < 4.78 is 0.624. The summed E-state index contributed by atoms with van der Waals surface area (Å²) in [7, 11) is 0. The van der Waals surface area contributed by atoms with E-state index in [1.165, 1.54) is 11.3 Å². The molecule has 3 aromatic rings. The molecular formula is C21H17BrN4O2S. The number of para-hydroxylation sites is 1. The molecule has 146 valence electrons. The lowest BCUT2D eigenvalue weighted by atomic mass is 10.1. The van der Waals surface area contributed by atoms with E-state index in [9.17, 15) is 9.59 Å². The van der Waals surface area contributed by atoms with Gasteiger partial charge in [0.1, 0.15) is 10.3 Å². The molecule has 0 unspecified atom stereocenters. The van der Waals surface area contributed by atoms with Crippen LogP contribution in [0, 0.1) is 0 Å². The standard InChI is InChI=1S/C21H17BrN4O2S/c22-17-7-3-5-14(24-17)21(28)26-11-10-16-18(13-4-1-2-6-15(13)26)25-20(29-16)19(27)23-12-8-9-12/h1-7,12H,8-11H2,(H,23,27). The topological polar surface area (TPSA) is 75.2 Å². The van der Waals surface area contributed by atoms with Crippen LogP contribution in [0.4, 0.5) is 5.69 Å². The highest BCUT2D eigenvalue weighted by Gasteiger charge is 2.30. The van der Waals surface area contributed by atoms with Crippen LogP contribution in [0.5, 0.6) is 0 Å². The second-order valence-electron chi connectivity index (χ2n) is 7.11. The maximum Gasteiger partial charge on any atom is 0.280 e. The van der Waals surface area contributed by atoms with Crippen LogP contribution in [0.1, 0.15) is 38.0 Å². The number of fused-ring (bicyclic) bond motifs is 3. The van der Waals surface area contributed by atoms with Gasteiger partial charge in [-0.3, -0.25) is 9.59 Å². The molecule has 2 aromatic heterocycles. The Kier molecular flexibility index (Phi) is 4.67. The van der Waals surface area contributed by atoms with Crippen LogP contribution in [0.3, 0.4) is 0 Å². The summed E-state index contributed by atoms with van der Waals surface area (Å²) >= 11 is 4.75. The first kappa shape index (κ1) is 18.4. The molecule has 1 N–H and O–H groups in total. The molecule has 0 spiro atoms. The van der Waals surface area contributed by atoms with Crippen molar-refractivity contribution in [2.24, 2.45) is 0 Å². The SMILES string of the molecule is O=C(NC1CC1)c1nc2c(s1)CCN(C(=O)c1cccc(Br)n1)c1ccccc1-2. The lowest BCUT2D eigenvalue weighted by Crippen LogP contribution is -2.33. The summed E-state index contributed by atoms with van der Waals surface area (Å²) in [5.41, 5.74) is 2.84. The minimum absolute atomic E-state index is 0.102. The highest BCUT2D eigenvalue weighted by atomic mass is 79.9. The Morgan fingerprint density at radius 3 is 2.72 bits per heavy atom. The van der Waals surface area contributed by atoms with Crippen molar-refractivity contribution < 1.29 is 9.59 Å². The molecule has 6 nitrogen and oxygen atoms in total. The van der Waals surface area contributed by atoms with E-state index in [-0.39, 0.29) is 11.8 Å². The van der Waals surface area contributed by atoms with Crippen molar-refractivity contribution in [3.05, 3.63) is 62.6 Å². The molecule has 0 bridgehead atoms. The molecule has 3 heterocycles. The average molecular weight is 469 g/mol. The molecule has 29 heavy (non-hydrogen) atoms. The van der Waals surface area contributed by atoms with Gasteiger partial charge in [-0.25, -0.2) is 9.97 Å². The molecule has 5 rings (SSSR count). The lowest BCUT2D eigenvalue weighted by Gasteiger charge is -2.22. The van der Waals surface area contributed by atoms with Gasteiger partial charge in [0.25, 0.3) is 11.8 Å². The molecule has 1 fully saturated rings. The Bertz CT molecular complexity index is 1130. The molecule has 1 aliphatic carbocycles. The highest BCUT2D eigenvalue weighted by molar-refractivity contribution is 9.10. The van der Waals surface area contributed by atoms with Crippen LogP contribution in [-0.4, -0.2) is 34.4 Å². The smallest absolute Gasteiger partial charge is 0.280 e. The van der Waals surface area contributed by atoms with Gasteiger partial charge in [0.15, 0.2) is 5.01 Å². The minimum Gasteiger partial charge on any atom is -0.347 e. The number of halogens is 1. The number of carbonyl (C=O) groups excluding carboxylic acids is 2. The van der Waals surface area contributed by atoms with Gasteiger partial charge in [0, 0.05) is 29.4 Å². The summed E-state index contributed by atoms with van der Waals surface area (Å²) in [6.45, 7) is 0.503. The van der Waals surface area contributed by atoms with Crippen molar-refractivity contribution in [1.82, 2.24) is 15.3 Å². The molecule has 8 heteroatoms. The number of carbonyl (C=O) groups is 2. The number of nitrogens with zero attached hydrogens (tertiary/aromatic N) is 3. The zero-order chi connectivity index (χ0) is 20.0. The number of rotatable bonds is 3. The molecule has 1 saturated carbocycles. The summed E-state index contributed by atoms with van der Waals surface area (Å²) in [6.07, 6.45) is 2.72. The van der Waals surface area contributed by atoms with Crippen molar-refractivity contribution in [3.8, 4) is 11.3 Å². The molecular weight excluding hydrogens is 452 g/mol. The van der Waals surface area contributed by atoms with Crippen molar-refractivity contribution in [2.45, 2.75) is 25.3 Å². The third-order valence-corrected chi connectivity index (χ3v) is 6.55. The van der Waals surface area contributed by atoms with E-state index >= 15 is 0 Å². The number of thiazole rings is 1. The van der Waals surface area contributed by atoms with Crippen molar-refractivity contribution >= 4 is 44.8 Å². The predicted molar refractivity (Wildman–Crippen MR) is 115 cm³/mol. The third kappa shape index (κ3) is 3.58. The Hall–Kier alpha value is -2.58. The quantitative estimate of drug-likeness (QED) is 0.588. The first-order chi connectivity index (χ1) is 14.1. The second-order valence-corrected chi connectivity index (χ2v) is 9.00. The molecule has 2 amide bonds. The van der Waals surface area contributed by atoms with Gasteiger partial charge in [-0.1, -0.05) is 24.3 Å². The van der Waals surface area contributed by atoms with Crippen LogP contribution >= 0.6 is 27.3 Å². The van der Waals surface area contributed by atoms with Crippen LogP contribution in [0.15, 0.2) is 47.1 Å². The number of nitrogens with one attached hydrogen (secondary N) is 1. The normalized spacial score (nSPS) is 15.3. The molecule has 2 aliphatic rings. The number of amides is 2. The van der Waals surface area contributed by atoms with Crippen LogP contribution in [-0.2, 0) is 6.42 Å². The number of aromatic nitrogens is 2. The lowest BCUT2D eigenvalue weighted by molar-refractivity contribution is 0.0948. The van der Waals surface area contributed by atoms with Gasteiger partial charge in [0.05, 0.1) is 11.4 Å². The number of pyridine rings is 1. The van der Waals surface area contributed by atoms with Crippen LogP contribution in [0.2, 0.25) is 0 Å². The summed E-state index contributed by atoms with van der Waals surface area (Å²) in [5.74, 6) is -0.255. The number of hydrogen-bond donors (Lipinski definition) is 1. The zero-order valence-corrected chi connectivity index (χ0v) is 17.8. The van der Waals surface area contributed by atoms with E-state index in [0.29, 0.717) is 34.3 Å². The van der Waals surface area contributed by atoms with Crippen molar-refractivity contribution in [2.75, 3.05) is 11.4 Å². The molecule has 1 aromatic carbocycles. The zero-order valence-electron chi connectivity index (χ0n) is 15.4. The largest absolute Gasteiger partial charge is 0.347 e. The summed E-state index contributed by atoms with van der Waals surface area (Å²) in [5, 5.41) is 3.50. The van der Waals surface area contributed by atoms with Crippen molar-refractivity contribution in [3.63, 3.8) is 0 Å². The van der Waals surface area contributed by atoms with E-state index in [4.69, 9.17) is 0 Å². The number of hydrogen-bond acceptors (Lipinski definition) is 5. The van der Waals surface area contributed by atoms with E-state index < -0.39 is 0 Å². The monoisotopic (exact) mass is 468 g/mol. The van der Waals surface area contributed by atoms with Gasteiger partial charge < -0.3 is 10.2 Å². The number of anilines is 1. The maximum atomic E-state index is 13.2. The first-order valence-electron chi connectivity index (χ1n) is 9.44. The fourth-order valence-corrected chi connectivity index (χ4v) is 4.73. The molecule has 0 radical (unpaired) electrons. The second kappa shape index (κ2) is 7.35. The maximum absolute atomic E-state index is 13.2. The van der Waals surface area contributed by atoms with Gasteiger partial charge >= 0.3 is 0 Å². The van der Waals surface area contributed by atoms with Crippen molar-refractivity contribution in [1.29, 1.82) is 0 Å². The fraction of sp³-hybridized carbons (Fsp3) is 0.238. The van der Waals surface area contributed by atoms with E-state index in [1.807, 2.05) is 24.3 Å². The minimum atomic E-state index is -0.152. The number of benzene rings is 1. The van der Waals surface area contributed by atoms with Crippen LogP contribution < -0.4 is 10.2 Å². The summed E-state index contributed by atoms with van der Waals surface area (Å²) in [6, 6.07) is 13.3. The van der Waals surface area contributed by atoms with Gasteiger partial charge in [-0.2, -0.15) is 0 Å².